The molecule has 2 rings (SSSR count). The molecule has 0 aliphatic rings. The number of aliphatic hydroxyl groups is 1. The zero-order valence-electron chi connectivity index (χ0n) is 9.33. The molecule has 88 valence electrons. The highest BCUT2D eigenvalue weighted by atomic mass is 16.6. The number of nitro groups is 1. The third-order valence-corrected chi connectivity index (χ3v) is 2.65. The molecule has 0 amide bonds. The Morgan fingerprint density at radius 1 is 1.41 bits per heavy atom. The first kappa shape index (κ1) is 11.3. The Kier molecular flexibility index (Phi) is 2.93. The molecular weight excluding hydrogens is 220 g/mol. The Labute approximate surface area is 98.1 Å². The maximum atomic E-state index is 10.6. The Balaban J connectivity index is 2.50. The van der Waals surface area contributed by atoms with Crippen LogP contribution in [0.15, 0.2) is 36.5 Å². The number of aromatic nitrogens is 1. The quantitative estimate of drug-likeness (QED) is 0.651. The van der Waals surface area contributed by atoms with Gasteiger partial charge in [0.1, 0.15) is 0 Å². The van der Waals surface area contributed by atoms with Crippen LogP contribution in [-0.4, -0.2) is 14.6 Å². The molecule has 0 atom stereocenters. The molecule has 17 heavy (non-hydrogen) atoms. The molecule has 0 spiro atoms. The van der Waals surface area contributed by atoms with Gasteiger partial charge in [-0.15, -0.1) is 0 Å². The first-order chi connectivity index (χ1) is 8.13. The molecular formula is C12H12N2O3. The summed E-state index contributed by atoms with van der Waals surface area (Å²) in [7, 11) is 0. The lowest BCUT2D eigenvalue weighted by molar-refractivity contribution is -0.384. The van der Waals surface area contributed by atoms with Gasteiger partial charge >= 0.3 is 0 Å². The number of non-ortho nitro benzene ring substituents is 1. The Morgan fingerprint density at radius 3 is 2.76 bits per heavy atom. The lowest BCUT2D eigenvalue weighted by Gasteiger charge is -2.10. The van der Waals surface area contributed by atoms with Gasteiger partial charge in [-0.05, 0) is 30.7 Å². The van der Waals surface area contributed by atoms with Crippen molar-refractivity contribution in [1.82, 2.24) is 4.57 Å². The van der Waals surface area contributed by atoms with Gasteiger partial charge in [0, 0.05) is 29.7 Å². The van der Waals surface area contributed by atoms with Crippen molar-refractivity contribution in [3.63, 3.8) is 0 Å². The fraction of sp³-hybridized carbons (Fsp3) is 0.167. The molecule has 5 heteroatoms. The van der Waals surface area contributed by atoms with Crippen LogP contribution in [0.2, 0.25) is 0 Å². The van der Waals surface area contributed by atoms with Crippen LogP contribution in [0.5, 0.6) is 0 Å². The molecule has 0 bridgehead atoms. The highest BCUT2D eigenvalue weighted by Gasteiger charge is 2.10. The Morgan fingerprint density at radius 2 is 2.18 bits per heavy atom. The minimum Gasteiger partial charge on any atom is -0.390 e. The normalized spacial score (nSPS) is 10.5. The van der Waals surface area contributed by atoms with Gasteiger partial charge in [-0.1, -0.05) is 0 Å². The Bertz CT molecular complexity index is 561. The smallest absolute Gasteiger partial charge is 0.269 e. The number of aryl methyl sites for hydroxylation is 1. The first-order valence-corrected chi connectivity index (χ1v) is 5.16. The summed E-state index contributed by atoms with van der Waals surface area (Å²) >= 11 is 0. The van der Waals surface area contributed by atoms with Gasteiger partial charge in [0.15, 0.2) is 0 Å². The first-order valence-electron chi connectivity index (χ1n) is 5.16. The Hall–Kier alpha value is -2.14. The largest absolute Gasteiger partial charge is 0.390 e. The van der Waals surface area contributed by atoms with E-state index in [0.717, 1.165) is 16.9 Å². The fourth-order valence-corrected chi connectivity index (χ4v) is 1.80. The van der Waals surface area contributed by atoms with Crippen LogP contribution in [0.4, 0.5) is 5.69 Å². The number of hydrogen-bond acceptors (Lipinski definition) is 3. The van der Waals surface area contributed by atoms with E-state index < -0.39 is 4.92 Å². The van der Waals surface area contributed by atoms with E-state index in [0.29, 0.717) is 0 Å². The summed E-state index contributed by atoms with van der Waals surface area (Å²) in [6.07, 6.45) is 1.82. The van der Waals surface area contributed by atoms with E-state index in [1.54, 1.807) is 12.1 Å². The predicted octanol–water partition coefficient (Wildman–Crippen LogP) is 2.19. The second-order valence-corrected chi connectivity index (χ2v) is 3.76. The van der Waals surface area contributed by atoms with Crippen LogP contribution in [0.1, 0.15) is 11.3 Å². The molecule has 0 radical (unpaired) electrons. The standard InChI is InChI=1S/C12H12N2O3/c1-9-7-10(14(16)17)4-5-12(9)13-6-2-3-11(13)8-15/h2-7,15H,8H2,1H3. The minimum atomic E-state index is -0.417. The molecule has 5 nitrogen and oxygen atoms in total. The van der Waals surface area contributed by atoms with Crippen LogP contribution in [0.25, 0.3) is 5.69 Å². The second-order valence-electron chi connectivity index (χ2n) is 3.76. The molecule has 1 aromatic heterocycles. The van der Waals surface area contributed by atoms with Gasteiger partial charge in [-0.3, -0.25) is 10.1 Å². The van der Waals surface area contributed by atoms with Crippen LogP contribution >= 0.6 is 0 Å². The van der Waals surface area contributed by atoms with E-state index >= 15 is 0 Å². The summed E-state index contributed by atoms with van der Waals surface area (Å²) in [5.74, 6) is 0. The predicted molar refractivity (Wildman–Crippen MR) is 63.1 cm³/mol. The van der Waals surface area contributed by atoms with E-state index in [1.165, 1.54) is 12.1 Å². The molecule has 0 saturated heterocycles. The van der Waals surface area contributed by atoms with Crippen LogP contribution in [0, 0.1) is 17.0 Å². The summed E-state index contributed by atoms with van der Waals surface area (Å²) in [5.41, 5.74) is 2.46. The number of nitrogens with zero attached hydrogens (tertiary/aromatic N) is 2. The van der Waals surface area contributed by atoms with Crippen LogP contribution < -0.4 is 0 Å². The molecule has 1 N–H and O–H groups in total. The highest BCUT2D eigenvalue weighted by Crippen LogP contribution is 2.22. The third-order valence-electron chi connectivity index (χ3n) is 2.65. The summed E-state index contributed by atoms with van der Waals surface area (Å²) in [6.45, 7) is 1.74. The average Bonchev–Trinajstić information content (AvgIpc) is 2.76. The molecule has 0 fully saturated rings. The van der Waals surface area contributed by atoms with Crippen molar-refractivity contribution >= 4 is 5.69 Å². The molecule has 2 aromatic rings. The van der Waals surface area contributed by atoms with Crippen molar-refractivity contribution in [2.24, 2.45) is 0 Å². The van der Waals surface area contributed by atoms with Gasteiger partial charge in [0.2, 0.25) is 0 Å². The third kappa shape index (κ3) is 2.05. The summed E-state index contributed by atoms with van der Waals surface area (Å²) in [4.78, 5) is 10.2. The fourth-order valence-electron chi connectivity index (χ4n) is 1.80. The number of hydrogen-bond donors (Lipinski definition) is 1. The number of aliphatic hydroxyl groups excluding tert-OH is 1. The SMILES string of the molecule is Cc1cc([N+](=O)[O-])ccc1-n1cccc1CO. The van der Waals surface area contributed by atoms with Crippen LogP contribution in [0.3, 0.4) is 0 Å². The summed E-state index contributed by atoms with van der Waals surface area (Å²) in [5, 5.41) is 19.8. The number of benzene rings is 1. The van der Waals surface area contributed by atoms with Crippen molar-refractivity contribution < 1.29 is 10.0 Å². The van der Waals surface area contributed by atoms with E-state index in [4.69, 9.17) is 0 Å². The molecule has 0 saturated carbocycles. The highest BCUT2D eigenvalue weighted by molar-refractivity contribution is 5.48. The molecule has 1 heterocycles. The van der Waals surface area contributed by atoms with Crippen molar-refractivity contribution in [2.45, 2.75) is 13.5 Å². The molecule has 0 aliphatic heterocycles. The van der Waals surface area contributed by atoms with E-state index in [2.05, 4.69) is 0 Å². The van der Waals surface area contributed by atoms with Crippen molar-refractivity contribution in [2.75, 3.05) is 0 Å². The van der Waals surface area contributed by atoms with Crippen molar-refractivity contribution in [3.8, 4) is 5.69 Å². The minimum absolute atomic E-state index is 0.0660. The summed E-state index contributed by atoms with van der Waals surface area (Å²) in [6, 6.07) is 8.31. The van der Waals surface area contributed by atoms with Crippen LogP contribution in [-0.2, 0) is 6.61 Å². The molecule has 0 aliphatic carbocycles. The maximum absolute atomic E-state index is 10.6. The zero-order chi connectivity index (χ0) is 12.4. The number of rotatable bonds is 3. The average molecular weight is 232 g/mol. The topological polar surface area (TPSA) is 68.3 Å². The van der Waals surface area contributed by atoms with Crippen molar-refractivity contribution in [1.29, 1.82) is 0 Å². The van der Waals surface area contributed by atoms with Gasteiger partial charge in [0.05, 0.1) is 11.5 Å². The maximum Gasteiger partial charge on any atom is 0.269 e. The lowest BCUT2D eigenvalue weighted by atomic mass is 10.1. The monoisotopic (exact) mass is 232 g/mol. The van der Waals surface area contributed by atoms with Gasteiger partial charge < -0.3 is 9.67 Å². The van der Waals surface area contributed by atoms with Gasteiger partial charge in [-0.2, -0.15) is 0 Å². The van der Waals surface area contributed by atoms with Crippen molar-refractivity contribution in [3.05, 3.63) is 57.9 Å². The molecule has 1 aromatic carbocycles. The van der Waals surface area contributed by atoms with Gasteiger partial charge in [-0.25, -0.2) is 0 Å². The lowest BCUT2D eigenvalue weighted by Crippen LogP contribution is -2.01. The summed E-state index contributed by atoms with van der Waals surface area (Å²) < 4.78 is 1.82. The molecule has 0 unspecified atom stereocenters. The van der Waals surface area contributed by atoms with Gasteiger partial charge in [0.25, 0.3) is 5.69 Å². The second kappa shape index (κ2) is 4.39. The van der Waals surface area contributed by atoms with E-state index in [9.17, 15) is 15.2 Å². The zero-order valence-corrected chi connectivity index (χ0v) is 9.33. The van der Waals surface area contributed by atoms with E-state index in [-0.39, 0.29) is 12.3 Å². The van der Waals surface area contributed by atoms with E-state index in [1.807, 2.05) is 23.8 Å². The number of nitro benzene ring substituents is 1.